The molecule has 0 aliphatic carbocycles. The number of carbonyl (C=O) groups is 1. The summed E-state index contributed by atoms with van der Waals surface area (Å²) in [5.74, 6) is 1.11. The minimum atomic E-state index is -0.186. The summed E-state index contributed by atoms with van der Waals surface area (Å²) in [5, 5.41) is 9.47. The predicted molar refractivity (Wildman–Crippen MR) is 105 cm³/mol. The largest absolute Gasteiger partial charge is 0.508 e. The van der Waals surface area contributed by atoms with Gasteiger partial charge in [-0.15, -0.1) is 0 Å². The number of phenols is 1. The Kier molecular flexibility index (Phi) is 5.90. The van der Waals surface area contributed by atoms with E-state index in [1.807, 2.05) is 48.5 Å². The molecular weight excluding hydrogens is 340 g/mol. The van der Waals surface area contributed by atoms with E-state index >= 15 is 0 Å². The maximum Gasteiger partial charge on any atom is 0.185 e. The minimum Gasteiger partial charge on any atom is -0.508 e. The molecule has 0 heterocycles. The number of carbonyl (C=O) groups excluding carboxylic acids is 1. The molecule has 0 fully saturated rings. The molecule has 0 spiro atoms. The van der Waals surface area contributed by atoms with E-state index in [0.29, 0.717) is 23.7 Å². The van der Waals surface area contributed by atoms with Gasteiger partial charge in [-0.1, -0.05) is 54.6 Å². The molecule has 3 rings (SSSR count). The van der Waals surface area contributed by atoms with Crippen LogP contribution in [0.3, 0.4) is 0 Å². The Hall–Kier alpha value is -3.53. The SMILES string of the molecule is COc1cc(/C=C/C(=O)c2cccc(O)c2)ccc1OCc1ccccc1. The van der Waals surface area contributed by atoms with E-state index in [-0.39, 0.29) is 11.5 Å². The number of ether oxygens (including phenoxy) is 2. The highest BCUT2D eigenvalue weighted by atomic mass is 16.5. The van der Waals surface area contributed by atoms with Crippen LogP contribution in [0.2, 0.25) is 0 Å². The number of allylic oxidation sites excluding steroid dienone is 1. The van der Waals surface area contributed by atoms with Crippen molar-refractivity contribution in [3.63, 3.8) is 0 Å². The van der Waals surface area contributed by atoms with E-state index in [1.54, 1.807) is 25.3 Å². The Morgan fingerprint density at radius 2 is 1.78 bits per heavy atom. The third-order valence-corrected chi connectivity index (χ3v) is 3.98. The summed E-state index contributed by atoms with van der Waals surface area (Å²) in [6, 6.07) is 21.6. The Morgan fingerprint density at radius 3 is 2.52 bits per heavy atom. The standard InChI is InChI=1S/C23H20O4/c1-26-23-14-17(10-12-21(25)19-8-5-9-20(24)15-19)11-13-22(23)27-16-18-6-3-2-4-7-18/h2-15,24H,16H2,1H3/b12-10+. The summed E-state index contributed by atoms with van der Waals surface area (Å²) in [6.07, 6.45) is 3.17. The highest BCUT2D eigenvalue weighted by molar-refractivity contribution is 6.07. The smallest absolute Gasteiger partial charge is 0.185 e. The number of aromatic hydroxyl groups is 1. The van der Waals surface area contributed by atoms with Crippen molar-refractivity contribution >= 4 is 11.9 Å². The van der Waals surface area contributed by atoms with Crippen molar-refractivity contribution in [2.75, 3.05) is 7.11 Å². The molecule has 0 aliphatic rings. The van der Waals surface area contributed by atoms with Crippen LogP contribution in [0.25, 0.3) is 6.08 Å². The van der Waals surface area contributed by atoms with Crippen LogP contribution in [0.1, 0.15) is 21.5 Å². The molecule has 3 aromatic rings. The molecular formula is C23H20O4. The van der Waals surface area contributed by atoms with Gasteiger partial charge in [0.15, 0.2) is 17.3 Å². The first-order valence-electron chi connectivity index (χ1n) is 8.52. The van der Waals surface area contributed by atoms with Gasteiger partial charge >= 0.3 is 0 Å². The number of ketones is 1. The highest BCUT2D eigenvalue weighted by Crippen LogP contribution is 2.29. The van der Waals surface area contributed by atoms with Crippen LogP contribution >= 0.6 is 0 Å². The lowest BCUT2D eigenvalue weighted by molar-refractivity contribution is 0.104. The first-order chi connectivity index (χ1) is 13.2. The van der Waals surface area contributed by atoms with Crippen LogP contribution in [0.5, 0.6) is 17.2 Å². The van der Waals surface area contributed by atoms with Crippen LogP contribution in [-0.4, -0.2) is 18.0 Å². The fourth-order valence-corrected chi connectivity index (χ4v) is 2.57. The summed E-state index contributed by atoms with van der Waals surface area (Å²) in [5.41, 5.74) is 2.31. The van der Waals surface area contributed by atoms with Crippen molar-refractivity contribution in [2.24, 2.45) is 0 Å². The van der Waals surface area contributed by atoms with Gasteiger partial charge in [0.2, 0.25) is 0 Å². The van der Waals surface area contributed by atoms with Crippen molar-refractivity contribution in [1.82, 2.24) is 0 Å². The van der Waals surface area contributed by atoms with Gasteiger partial charge in [-0.2, -0.15) is 0 Å². The molecule has 3 aromatic carbocycles. The van der Waals surface area contributed by atoms with Gasteiger partial charge in [0.25, 0.3) is 0 Å². The number of rotatable bonds is 7. The lowest BCUT2D eigenvalue weighted by Gasteiger charge is -2.11. The van der Waals surface area contributed by atoms with Crippen molar-refractivity contribution < 1.29 is 19.4 Å². The average Bonchev–Trinajstić information content (AvgIpc) is 2.71. The van der Waals surface area contributed by atoms with Gasteiger partial charge in [0.05, 0.1) is 7.11 Å². The molecule has 136 valence electrons. The molecule has 1 N–H and O–H groups in total. The summed E-state index contributed by atoms with van der Waals surface area (Å²) in [6.45, 7) is 0.447. The second-order valence-electron chi connectivity index (χ2n) is 5.93. The number of hydrogen-bond acceptors (Lipinski definition) is 4. The molecule has 0 radical (unpaired) electrons. The number of phenolic OH excluding ortho intramolecular Hbond substituents is 1. The van der Waals surface area contributed by atoms with Gasteiger partial charge in [0.1, 0.15) is 12.4 Å². The quantitative estimate of drug-likeness (QED) is 0.482. The van der Waals surface area contributed by atoms with Crippen LogP contribution in [0.4, 0.5) is 0 Å². The lowest BCUT2D eigenvalue weighted by atomic mass is 10.1. The summed E-state index contributed by atoms with van der Waals surface area (Å²) >= 11 is 0. The van der Waals surface area contributed by atoms with Crippen molar-refractivity contribution in [3.8, 4) is 17.2 Å². The van der Waals surface area contributed by atoms with Gasteiger partial charge in [-0.25, -0.2) is 0 Å². The third kappa shape index (κ3) is 4.98. The predicted octanol–water partition coefficient (Wildman–Crippen LogP) is 4.88. The first kappa shape index (κ1) is 18.3. The zero-order valence-electron chi connectivity index (χ0n) is 15.0. The average molecular weight is 360 g/mol. The minimum absolute atomic E-state index is 0.0656. The number of hydrogen-bond donors (Lipinski definition) is 1. The Bertz CT molecular complexity index is 946. The fourth-order valence-electron chi connectivity index (χ4n) is 2.57. The Balaban J connectivity index is 1.70. The topological polar surface area (TPSA) is 55.8 Å². The zero-order valence-corrected chi connectivity index (χ0v) is 15.0. The van der Waals surface area contributed by atoms with Crippen molar-refractivity contribution in [2.45, 2.75) is 6.61 Å². The second-order valence-corrected chi connectivity index (χ2v) is 5.93. The molecule has 0 bridgehead atoms. The van der Waals surface area contributed by atoms with Crippen LogP contribution < -0.4 is 9.47 Å². The van der Waals surface area contributed by atoms with Gasteiger partial charge in [-0.3, -0.25) is 4.79 Å². The van der Waals surface area contributed by atoms with E-state index in [9.17, 15) is 9.90 Å². The Labute approximate surface area is 158 Å². The Morgan fingerprint density at radius 1 is 0.963 bits per heavy atom. The van der Waals surface area contributed by atoms with Crippen LogP contribution in [0, 0.1) is 0 Å². The molecule has 0 aliphatic heterocycles. The summed E-state index contributed by atoms with van der Waals surface area (Å²) in [7, 11) is 1.58. The molecule has 0 atom stereocenters. The highest BCUT2D eigenvalue weighted by Gasteiger charge is 2.06. The molecule has 0 saturated carbocycles. The van der Waals surface area contributed by atoms with Gasteiger partial charge in [0, 0.05) is 5.56 Å². The lowest BCUT2D eigenvalue weighted by Crippen LogP contribution is -1.98. The van der Waals surface area contributed by atoms with E-state index in [1.165, 1.54) is 18.2 Å². The monoisotopic (exact) mass is 360 g/mol. The summed E-state index contributed by atoms with van der Waals surface area (Å²) in [4.78, 5) is 12.2. The van der Waals surface area contributed by atoms with Crippen molar-refractivity contribution in [3.05, 3.63) is 95.6 Å². The number of methoxy groups -OCH3 is 1. The summed E-state index contributed by atoms with van der Waals surface area (Å²) < 4.78 is 11.2. The molecule has 4 heteroatoms. The fraction of sp³-hybridized carbons (Fsp3) is 0.0870. The molecule has 0 aromatic heterocycles. The van der Waals surface area contributed by atoms with Crippen LogP contribution in [0.15, 0.2) is 78.9 Å². The molecule has 0 saturated heterocycles. The number of benzene rings is 3. The first-order valence-corrected chi connectivity index (χ1v) is 8.52. The normalized spacial score (nSPS) is 10.7. The molecule has 0 unspecified atom stereocenters. The third-order valence-electron chi connectivity index (χ3n) is 3.98. The second kappa shape index (κ2) is 8.72. The van der Waals surface area contributed by atoms with Gasteiger partial charge in [-0.05, 0) is 41.5 Å². The van der Waals surface area contributed by atoms with E-state index < -0.39 is 0 Å². The van der Waals surface area contributed by atoms with Crippen molar-refractivity contribution in [1.29, 1.82) is 0 Å². The maximum atomic E-state index is 12.2. The maximum absolute atomic E-state index is 12.2. The van der Waals surface area contributed by atoms with Crippen LogP contribution in [-0.2, 0) is 6.61 Å². The van der Waals surface area contributed by atoms with E-state index in [2.05, 4.69) is 0 Å². The molecule has 0 amide bonds. The molecule has 4 nitrogen and oxygen atoms in total. The van der Waals surface area contributed by atoms with E-state index in [4.69, 9.17) is 9.47 Å². The molecule has 27 heavy (non-hydrogen) atoms. The van der Waals surface area contributed by atoms with Gasteiger partial charge < -0.3 is 14.6 Å². The van der Waals surface area contributed by atoms with E-state index in [0.717, 1.165) is 11.1 Å². The zero-order chi connectivity index (χ0) is 19.1.